The van der Waals surface area contributed by atoms with Gasteiger partial charge >= 0.3 is 0 Å². The fourth-order valence-electron chi connectivity index (χ4n) is 3.56. The SMILES string of the molecule is Cc1cccc(C)c1NC(=O)C[NH+]1CCN(C(=O)Cc2ccc(Cl)cc2)CC1. The van der Waals surface area contributed by atoms with Crippen LogP contribution in [0.3, 0.4) is 0 Å². The smallest absolute Gasteiger partial charge is 0.279 e. The molecule has 0 spiro atoms. The highest BCUT2D eigenvalue weighted by atomic mass is 35.5. The fraction of sp³-hybridized carbons (Fsp3) is 0.364. The zero-order valence-electron chi connectivity index (χ0n) is 16.4. The topological polar surface area (TPSA) is 53.9 Å². The summed E-state index contributed by atoms with van der Waals surface area (Å²) in [5.41, 5.74) is 4.02. The summed E-state index contributed by atoms with van der Waals surface area (Å²) in [6, 6.07) is 13.4. The van der Waals surface area contributed by atoms with Crippen molar-refractivity contribution in [3.05, 3.63) is 64.2 Å². The molecule has 0 aliphatic carbocycles. The van der Waals surface area contributed by atoms with Crippen molar-refractivity contribution in [2.75, 3.05) is 38.0 Å². The van der Waals surface area contributed by atoms with Crippen LogP contribution in [-0.2, 0) is 16.0 Å². The van der Waals surface area contributed by atoms with Crippen LogP contribution in [0.15, 0.2) is 42.5 Å². The van der Waals surface area contributed by atoms with Gasteiger partial charge in [0.2, 0.25) is 5.91 Å². The molecule has 3 rings (SSSR count). The Balaban J connectivity index is 1.46. The van der Waals surface area contributed by atoms with E-state index < -0.39 is 0 Å². The number of nitrogens with zero attached hydrogens (tertiary/aromatic N) is 1. The Labute approximate surface area is 171 Å². The van der Waals surface area contributed by atoms with Gasteiger partial charge in [0.15, 0.2) is 6.54 Å². The number of hydrogen-bond donors (Lipinski definition) is 2. The summed E-state index contributed by atoms with van der Waals surface area (Å²) in [4.78, 5) is 28.0. The van der Waals surface area contributed by atoms with Crippen molar-refractivity contribution in [1.82, 2.24) is 4.90 Å². The van der Waals surface area contributed by atoms with Gasteiger partial charge in [-0.25, -0.2) is 0 Å². The van der Waals surface area contributed by atoms with Crippen LogP contribution in [0.2, 0.25) is 5.02 Å². The van der Waals surface area contributed by atoms with E-state index in [9.17, 15) is 9.59 Å². The van der Waals surface area contributed by atoms with E-state index in [0.29, 0.717) is 31.1 Å². The molecule has 148 valence electrons. The first-order valence-corrected chi connectivity index (χ1v) is 10.0. The third-order valence-electron chi connectivity index (χ3n) is 5.25. The zero-order chi connectivity index (χ0) is 20.1. The minimum absolute atomic E-state index is 0.0216. The number of nitrogens with one attached hydrogen (secondary N) is 2. The summed E-state index contributed by atoms with van der Waals surface area (Å²) >= 11 is 5.89. The lowest BCUT2D eigenvalue weighted by Gasteiger charge is -2.32. The molecule has 2 aromatic rings. The molecule has 5 nitrogen and oxygen atoms in total. The predicted molar refractivity (Wildman–Crippen MR) is 112 cm³/mol. The Morgan fingerprint density at radius 2 is 1.64 bits per heavy atom. The van der Waals surface area contributed by atoms with Crippen LogP contribution in [0.5, 0.6) is 0 Å². The largest absolute Gasteiger partial charge is 0.331 e. The summed E-state index contributed by atoms with van der Waals surface area (Å²) in [6.07, 6.45) is 0.388. The Morgan fingerprint density at radius 3 is 2.25 bits per heavy atom. The monoisotopic (exact) mass is 400 g/mol. The van der Waals surface area contributed by atoms with Gasteiger partial charge in [0.25, 0.3) is 5.91 Å². The van der Waals surface area contributed by atoms with Crippen molar-refractivity contribution in [1.29, 1.82) is 0 Å². The number of piperazine rings is 1. The Morgan fingerprint density at radius 1 is 1.04 bits per heavy atom. The Bertz CT molecular complexity index is 823. The van der Waals surface area contributed by atoms with Crippen LogP contribution in [0.1, 0.15) is 16.7 Å². The number of benzene rings is 2. The molecule has 1 saturated heterocycles. The fourth-order valence-corrected chi connectivity index (χ4v) is 3.69. The minimum atomic E-state index is 0.0216. The molecule has 0 radical (unpaired) electrons. The average molecular weight is 401 g/mol. The number of carbonyl (C=O) groups is 2. The number of anilines is 1. The van der Waals surface area contributed by atoms with E-state index >= 15 is 0 Å². The van der Waals surface area contributed by atoms with E-state index in [0.717, 1.165) is 35.5 Å². The summed E-state index contributed by atoms with van der Waals surface area (Å²) in [5.74, 6) is 0.148. The Hall–Kier alpha value is -2.37. The number of carbonyl (C=O) groups excluding carboxylic acids is 2. The van der Waals surface area contributed by atoms with Crippen molar-refractivity contribution in [3.63, 3.8) is 0 Å². The van der Waals surface area contributed by atoms with Gasteiger partial charge in [0, 0.05) is 10.7 Å². The first kappa shape index (κ1) is 20.4. The molecule has 1 heterocycles. The van der Waals surface area contributed by atoms with Crippen molar-refractivity contribution in [2.45, 2.75) is 20.3 Å². The average Bonchev–Trinajstić information content (AvgIpc) is 2.67. The van der Waals surface area contributed by atoms with E-state index in [4.69, 9.17) is 11.6 Å². The molecule has 2 N–H and O–H groups in total. The summed E-state index contributed by atoms with van der Waals surface area (Å²) in [6.45, 7) is 7.35. The highest BCUT2D eigenvalue weighted by Gasteiger charge is 2.25. The van der Waals surface area contributed by atoms with Gasteiger partial charge in [-0.2, -0.15) is 0 Å². The molecule has 6 heteroatoms. The van der Waals surface area contributed by atoms with E-state index in [1.54, 1.807) is 12.1 Å². The summed E-state index contributed by atoms with van der Waals surface area (Å²) < 4.78 is 0. The molecule has 0 saturated carbocycles. The molecule has 0 atom stereocenters. The molecule has 0 bridgehead atoms. The maximum Gasteiger partial charge on any atom is 0.279 e. The summed E-state index contributed by atoms with van der Waals surface area (Å²) in [5, 5.41) is 3.72. The molecule has 2 aromatic carbocycles. The van der Waals surface area contributed by atoms with Gasteiger partial charge in [-0.05, 0) is 42.7 Å². The van der Waals surface area contributed by atoms with Crippen LogP contribution >= 0.6 is 11.6 Å². The number of aryl methyl sites for hydroxylation is 2. The van der Waals surface area contributed by atoms with Gasteiger partial charge in [0.05, 0.1) is 32.6 Å². The van der Waals surface area contributed by atoms with Gasteiger partial charge in [-0.3, -0.25) is 9.59 Å². The molecular weight excluding hydrogens is 374 g/mol. The number of para-hydroxylation sites is 1. The van der Waals surface area contributed by atoms with Gasteiger partial charge in [0.1, 0.15) is 0 Å². The lowest BCUT2D eigenvalue weighted by atomic mass is 10.1. The van der Waals surface area contributed by atoms with Crippen molar-refractivity contribution < 1.29 is 14.5 Å². The molecule has 0 aromatic heterocycles. The molecular formula is C22H27ClN3O2+. The third kappa shape index (κ3) is 5.33. The van der Waals surface area contributed by atoms with Crippen LogP contribution in [-0.4, -0.2) is 49.4 Å². The number of quaternary nitrogens is 1. The van der Waals surface area contributed by atoms with Crippen LogP contribution < -0.4 is 10.2 Å². The van der Waals surface area contributed by atoms with E-state index in [1.165, 1.54) is 4.90 Å². The number of amides is 2. The number of hydrogen-bond acceptors (Lipinski definition) is 2. The number of rotatable bonds is 5. The molecule has 28 heavy (non-hydrogen) atoms. The zero-order valence-corrected chi connectivity index (χ0v) is 17.2. The quantitative estimate of drug-likeness (QED) is 0.805. The van der Waals surface area contributed by atoms with E-state index in [-0.39, 0.29) is 11.8 Å². The van der Waals surface area contributed by atoms with Crippen LogP contribution in [0.4, 0.5) is 5.69 Å². The first-order valence-electron chi connectivity index (χ1n) is 9.64. The van der Waals surface area contributed by atoms with Crippen molar-refractivity contribution in [3.8, 4) is 0 Å². The van der Waals surface area contributed by atoms with E-state index in [1.807, 2.05) is 49.1 Å². The second-order valence-corrected chi connectivity index (χ2v) is 7.86. The standard InChI is InChI=1S/C22H26ClN3O2/c1-16-4-3-5-17(2)22(16)24-20(27)15-25-10-12-26(13-11-25)21(28)14-18-6-8-19(23)9-7-18/h3-9H,10-15H2,1-2H3,(H,24,27)/p+1. The predicted octanol–water partition coefficient (Wildman–Crippen LogP) is 1.87. The van der Waals surface area contributed by atoms with Gasteiger partial charge in [-0.15, -0.1) is 0 Å². The second-order valence-electron chi connectivity index (χ2n) is 7.43. The highest BCUT2D eigenvalue weighted by molar-refractivity contribution is 6.30. The summed E-state index contributed by atoms with van der Waals surface area (Å²) in [7, 11) is 0. The molecule has 0 unspecified atom stereocenters. The maximum absolute atomic E-state index is 12.5. The lowest BCUT2D eigenvalue weighted by Crippen LogP contribution is -3.15. The molecule has 1 aliphatic heterocycles. The lowest BCUT2D eigenvalue weighted by molar-refractivity contribution is -0.895. The maximum atomic E-state index is 12.5. The molecule has 1 fully saturated rings. The Kier molecular flexibility index (Phi) is 6.70. The van der Waals surface area contributed by atoms with E-state index in [2.05, 4.69) is 5.32 Å². The number of halogens is 1. The molecule has 1 aliphatic rings. The third-order valence-corrected chi connectivity index (χ3v) is 5.50. The van der Waals surface area contributed by atoms with Crippen LogP contribution in [0.25, 0.3) is 0 Å². The van der Waals surface area contributed by atoms with Crippen molar-refractivity contribution in [2.24, 2.45) is 0 Å². The minimum Gasteiger partial charge on any atom is -0.331 e. The normalized spacial score (nSPS) is 14.8. The molecule has 2 amide bonds. The van der Waals surface area contributed by atoms with Gasteiger partial charge < -0.3 is 15.1 Å². The van der Waals surface area contributed by atoms with Gasteiger partial charge in [-0.1, -0.05) is 41.9 Å². The highest BCUT2D eigenvalue weighted by Crippen LogP contribution is 2.19. The second kappa shape index (κ2) is 9.22. The van der Waals surface area contributed by atoms with Crippen LogP contribution in [0, 0.1) is 13.8 Å². The van der Waals surface area contributed by atoms with Crippen molar-refractivity contribution >= 4 is 29.1 Å². The first-order chi connectivity index (χ1) is 13.4.